The van der Waals surface area contributed by atoms with Crippen LogP contribution < -0.4 is 0 Å². The van der Waals surface area contributed by atoms with Crippen LogP contribution in [0, 0.1) is 0 Å². The monoisotopic (exact) mass is 241 g/mol. The molecule has 4 heteroatoms. The summed E-state index contributed by atoms with van der Waals surface area (Å²) in [5.41, 5.74) is 3.09. The van der Waals surface area contributed by atoms with Gasteiger partial charge in [0.2, 0.25) is 0 Å². The topological polar surface area (TPSA) is 30.7 Å². The molecule has 0 amide bonds. The Kier molecular flexibility index (Phi) is 2.49. The van der Waals surface area contributed by atoms with Crippen molar-refractivity contribution in [3.8, 4) is 22.0 Å². The van der Waals surface area contributed by atoms with Gasteiger partial charge in [-0.05, 0) is 6.07 Å². The first kappa shape index (κ1) is 10.2. The van der Waals surface area contributed by atoms with Crippen molar-refractivity contribution in [2.45, 2.75) is 0 Å². The SMILES string of the molecule is Cn1ccc(-c2nc(-c3ccccc3)cs2)n1. The molecule has 3 nitrogen and oxygen atoms in total. The number of aryl methyl sites for hydroxylation is 1. The highest BCUT2D eigenvalue weighted by Gasteiger charge is 2.08. The number of hydrogen-bond acceptors (Lipinski definition) is 3. The van der Waals surface area contributed by atoms with E-state index in [-0.39, 0.29) is 0 Å². The average Bonchev–Trinajstić information content (AvgIpc) is 2.98. The molecule has 1 aromatic carbocycles. The molecule has 2 heterocycles. The summed E-state index contributed by atoms with van der Waals surface area (Å²) in [4.78, 5) is 4.61. The van der Waals surface area contributed by atoms with Crippen molar-refractivity contribution in [1.82, 2.24) is 14.8 Å². The predicted molar refractivity (Wildman–Crippen MR) is 69.8 cm³/mol. The lowest BCUT2D eigenvalue weighted by atomic mass is 10.2. The molecule has 0 spiro atoms. The number of aromatic nitrogens is 3. The molecule has 0 aliphatic carbocycles. The molecule has 0 radical (unpaired) electrons. The molecular weight excluding hydrogens is 230 g/mol. The first-order valence-corrected chi connectivity index (χ1v) is 6.22. The molecule has 0 saturated heterocycles. The first-order valence-electron chi connectivity index (χ1n) is 5.34. The molecular formula is C13H11N3S. The number of nitrogens with zero attached hydrogens (tertiary/aromatic N) is 3. The molecule has 3 rings (SSSR count). The number of benzene rings is 1. The Bertz CT molecular complexity index is 625. The molecule has 0 aliphatic heterocycles. The minimum atomic E-state index is 0.930. The molecule has 84 valence electrons. The summed E-state index contributed by atoms with van der Waals surface area (Å²) in [7, 11) is 1.91. The highest BCUT2D eigenvalue weighted by Crippen LogP contribution is 2.27. The summed E-state index contributed by atoms with van der Waals surface area (Å²) in [6.07, 6.45) is 1.93. The Hall–Kier alpha value is -1.94. The summed E-state index contributed by atoms with van der Waals surface area (Å²) in [5.74, 6) is 0. The van der Waals surface area contributed by atoms with Crippen molar-refractivity contribution in [2.75, 3.05) is 0 Å². The maximum atomic E-state index is 4.61. The number of rotatable bonds is 2. The average molecular weight is 241 g/mol. The molecule has 0 atom stereocenters. The highest BCUT2D eigenvalue weighted by atomic mass is 32.1. The molecule has 0 fully saturated rings. The lowest BCUT2D eigenvalue weighted by Crippen LogP contribution is -1.87. The molecule has 0 N–H and O–H groups in total. The van der Waals surface area contributed by atoms with E-state index in [0.717, 1.165) is 22.0 Å². The van der Waals surface area contributed by atoms with Gasteiger partial charge in [-0.3, -0.25) is 4.68 Å². The van der Waals surface area contributed by atoms with Gasteiger partial charge >= 0.3 is 0 Å². The summed E-state index contributed by atoms with van der Waals surface area (Å²) in [5, 5.41) is 7.38. The van der Waals surface area contributed by atoms with Crippen LogP contribution in [0.3, 0.4) is 0 Å². The molecule has 0 saturated carbocycles. The maximum absolute atomic E-state index is 4.61. The Morgan fingerprint density at radius 2 is 1.88 bits per heavy atom. The van der Waals surface area contributed by atoms with Crippen LogP contribution in [0.4, 0.5) is 0 Å². The first-order chi connectivity index (χ1) is 8.33. The van der Waals surface area contributed by atoms with Gasteiger partial charge in [-0.2, -0.15) is 5.10 Å². The van der Waals surface area contributed by atoms with Crippen LogP contribution in [0.2, 0.25) is 0 Å². The second-order valence-corrected chi connectivity index (χ2v) is 4.64. The van der Waals surface area contributed by atoms with Crippen LogP contribution in [0.1, 0.15) is 0 Å². The van der Waals surface area contributed by atoms with Gasteiger partial charge in [-0.1, -0.05) is 30.3 Å². The van der Waals surface area contributed by atoms with E-state index < -0.39 is 0 Å². The standard InChI is InChI=1S/C13H11N3S/c1-16-8-7-11(15-16)13-14-12(9-17-13)10-5-3-2-4-6-10/h2-9H,1H3. The fourth-order valence-electron chi connectivity index (χ4n) is 1.66. The fourth-order valence-corrected chi connectivity index (χ4v) is 2.45. The predicted octanol–water partition coefficient (Wildman–Crippen LogP) is 3.21. The molecule has 2 aromatic heterocycles. The zero-order valence-corrected chi connectivity index (χ0v) is 10.2. The lowest BCUT2D eigenvalue weighted by molar-refractivity contribution is 0.770. The van der Waals surface area contributed by atoms with Gasteiger partial charge in [0, 0.05) is 24.2 Å². The quantitative estimate of drug-likeness (QED) is 0.689. The largest absolute Gasteiger partial charge is 0.275 e. The number of thiazole rings is 1. The Labute approximate surface area is 103 Å². The van der Waals surface area contributed by atoms with Crippen LogP contribution >= 0.6 is 11.3 Å². The van der Waals surface area contributed by atoms with Gasteiger partial charge in [0.25, 0.3) is 0 Å². The van der Waals surface area contributed by atoms with E-state index in [1.165, 1.54) is 0 Å². The van der Waals surface area contributed by atoms with Crippen molar-refractivity contribution >= 4 is 11.3 Å². The summed E-state index contributed by atoms with van der Waals surface area (Å²) in [6.45, 7) is 0. The Morgan fingerprint density at radius 3 is 2.59 bits per heavy atom. The molecule has 3 aromatic rings. The van der Waals surface area contributed by atoms with E-state index in [9.17, 15) is 0 Å². The van der Waals surface area contributed by atoms with Crippen molar-refractivity contribution in [3.63, 3.8) is 0 Å². The second-order valence-electron chi connectivity index (χ2n) is 3.78. The maximum Gasteiger partial charge on any atom is 0.144 e. The summed E-state index contributed by atoms with van der Waals surface area (Å²) in [6, 6.07) is 12.2. The minimum Gasteiger partial charge on any atom is -0.275 e. The molecule has 17 heavy (non-hydrogen) atoms. The summed E-state index contributed by atoms with van der Waals surface area (Å²) < 4.78 is 1.79. The van der Waals surface area contributed by atoms with Crippen LogP contribution in [-0.4, -0.2) is 14.8 Å². The van der Waals surface area contributed by atoms with Crippen molar-refractivity contribution < 1.29 is 0 Å². The lowest BCUT2D eigenvalue weighted by Gasteiger charge is -1.93. The van der Waals surface area contributed by atoms with Gasteiger partial charge in [0.05, 0.1) is 5.69 Å². The van der Waals surface area contributed by atoms with Crippen LogP contribution in [0.25, 0.3) is 22.0 Å². The van der Waals surface area contributed by atoms with E-state index >= 15 is 0 Å². The zero-order chi connectivity index (χ0) is 11.7. The van der Waals surface area contributed by atoms with Gasteiger partial charge in [0.15, 0.2) is 0 Å². The molecule has 0 bridgehead atoms. The van der Waals surface area contributed by atoms with Gasteiger partial charge < -0.3 is 0 Å². The number of hydrogen-bond donors (Lipinski definition) is 0. The van der Waals surface area contributed by atoms with Gasteiger partial charge in [-0.15, -0.1) is 11.3 Å². The molecule has 0 aliphatic rings. The third-order valence-electron chi connectivity index (χ3n) is 2.51. The van der Waals surface area contributed by atoms with E-state index in [2.05, 4.69) is 27.6 Å². The smallest absolute Gasteiger partial charge is 0.144 e. The normalized spacial score (nSPS) is 10.6. The molecule has 0 unspecified atom stereocenters. The van der Waals surface area contributed by atoms with Crippen molar-refractivity contribution in [2.24, 2.45) is 7.05 Å². The second kappa shape index (κ2) is 4.14. The van der Waals surface area contributed by atoms with E-state index in [4.69, 9.17) is 0 Å². The Morgan fingerprint density at radius 1 is 1.06 bits per heavy atom. The minimum absolute atomic E-state index is 0.930. The van der Waals surface area contributed by atoms with E-state index in [1.807, 2.05) is 37.5 Å². The Balaban J connectivity index is 1.99. The van der Waals surface area contributed by atoms with E-state index in [1.54, 1.807) is 16.0 Å². The zero-order valence-electron chi connectivity index (χ0n) is 9.37. The summed E-state index contributed by atoms with van der Waals surface area (Å²) >= 11 is 1.62. The van der Waals surface area contributed by atoms with Crippen LogP contribution in [-0.2, 0) is 7.05 Å². The van der Waals surface area contributed by atoms with E-state index in [0.29, 0.717) is 0 Å². The third-order valence-corrected chi connectivity index (χ3v) is 3.37. The fraction of sp³-hybridized carbons (Fsp3) is 0.0769. The van der Waals surface area contributed by atoms with Gasteiger partial charge in [-0.25, -0.2) is 4.98 Å². The van der Waals surface area contributed by atoms with Crippen LogP contribution in [0.15, 0.2) is 48.0 Å². The highest BCUT2D eigenvalue weighted by molar-refractivity contribution is 7.13. The van der Waals surface area contributed by atoms with Crippen molar-refractivity contribution in [1.29, 1.82) is 0 Å². The van der Waals surface area contributed by atoms with Crippen LogP contribution in [0.5, 0.6) is 0 Å². The third kappa shape index (κ3) is 1.99. The van der Waals surface area contributed by atoms with Gasteiger partial charge in [0.1, 0.15) is 10.7 Å². The van der Waals surface area contributed by atoms with Crippen molar-refractivity contribution in [3.05, 3.63) is 48.0 Å².